The number of aromatic nitrogens is 5. The predicted octanol–water partition coefficient (Wildman–Crippen LogP) is 3.62. The van der Waals surface area contributed by atoms with Crippen LogP contribution >= 0.6 is 0 Å². The molecule has 0 saturated heterocycles. The Morgan fingerprint density at radius 3 is 2.59 bits per heavy atom. The lowest BCUT2D eigenvalue weighted by Crippen LogP contribution is -2.11. The van der Waals surface area contributed by atoms with E-state index in [1.165, 1.54) is 6.20 Å². The van der Waals surface area contributed by atoms with Crippen molar-refractivity contribution in [1.29, 1.82) is 0 Å². The fourth-order valence-corrected chi connectivity index (χ4v) is 2.76. The first-order valence-corrected chi connectivity index (χ1v) is 8.86. The van der Waals surface area contributed by atoms with E-state index in [1.807, 2.05) is 17.7 Å². The van der Waals surface area contributed by atoms with Crippen molar-refractivity contribution in [2.45, 2.75) is 20.8 Å². The molecule has 3 aromatic heterocycles. The van der Waals surface area contributed by atoms with E-state index >= 15 is 0 Å². The van der Waals surface area contributed by atoms with Crippen LogP contribution in [-0.2, 0) is 0 Å². The topological polar surface area (TPSA) is 108 Å². The van der Waals surface area contributed by atoms with Crippen molar-refractivity contribution < 1.29 is 14.1 Å². The minimum atomic E-state index is -0.288. The number of aryl methyl sites for hydroxylation is 3. The van der Waals surface area contributed by atoms with Crippen LogP contribution in [0.15, 0.2) is 53.4 Å². The number of hydrogen-bond donors (Lipinski definition) is 1. The van der Waals surface area contributed by atoms with E-state index < -0.39 is 0 Å². The summed E-state index contributed by atoms with van der Waals surface area (Å²) < 4.78 is 12.6. The van der Waals surface area contributed by atoms with Gasteiger partial charge in [0.15, 0.2) is 0 Å². The standard InChI is InChI=1S/C20H18N6O3/c1-12-17(11-22-29-12)20(27)25-15-4-6-16(7-5-15)28-19-10-18(23-13(2)24-19)26-9-8-21-14(26)3/h4-11H,1-3H3,(H,25,27). The molecule has 4 rings (SSSR count). The molecule has 0 radical (unpaired) electrons. The van der Waals surface area contributed by atoms with E-state index in [9.17, 15) is 4.79 Å². The molecule has 0 saturated carbocycles. The smallest absolute Gasteiger partial charge is 0.260 e. The first-order chi connectivity index (χ1) is 14.0. The van der Waals surface area contributed by atoms with Gasteiger partial charge >= 0.3 is 0 Å². The highest BCUT2D eigenvalue weighted by Crippen LogP contribution is 2.24. The van der Waals surface area contributed by atoms with E-state index in [4.69, 9.17) is 9.26 Å². The summed E-state index contributed by atoms with van der Waals surface area (Å²) in [6.07, 6.45) is 4.93. The lowest BCUT2D eigenvalue weighted by molar-refractivity contribution is 0.102. The lowest BCUT2D eigenvalue weighted by atomic mass is 10.2. The summed E-state index contributed by atoms with van der Waals surface area (Å²) in [6.45, 7) is 5.38. The van der Waals surface area contributed by atoms with Gasteiger partial charge < -0.3 is 14.6 Å². The van der Waals surface area contributed by atoms with Crippen molar-refractivity contribution >= 4 is 11.6 Å². The molecule has 1 N–H and O–H groups in total. The van der Waals surface area contributed by atoms with Crippen LogP contribution in [0.5, 0.6) is 11.6 Å². The van der Waals surface area contributed by atoms with Crippen molar-refractivity contribution in [3.8, 4) is 17.4 Å². The Kier molecular flexibility index (Phi) is 4.78. The molecule has 0 aliphatic carbocycles. The maximum atomic E-state index is 12.2. The van der Waals surface area contributed by atoms with Crippen LogP contribution in [0.4, 0.5) is 5.69 Å². The number of amides is 1. The number of carbonyl (C=O) groups excluding carboxylic acids is 1. The van der Waals surface area contributed by atoms with Gasteiger partial charge in [0.25, 0.3) is 5.91 Å². The SMILES string of the molecule is Cc1nc(Oc2ccc(NC(=O)c3cnoc3C)cc2)cc(-n2ccnc2C)n1. The minimum absolute atomic E-state index is 0.288. The van der Waals surface area contributed by atoms with Crippen molar-refractivity contribution in [1.82, 2.24) is 24.7 Å². The highest BCUT2D eigenvalue weighted by Gasteiger charge is 2.13. The Morgan fingerprint density at radius 2 is 1.93 bits per heavy atom. The van der Waals surface area contributed by atoms with E-state index in [-0.39, 0.29) is 5.91 Å². The third kappa shape index (κ3) is 3.98. The van der Waals surface area contributed by atoms with E-state index in [1.54, 1.807) is 50.4 Å². The van der Waals surface area contributed by atoms with Gasteiger partial charge in [0.2, 0.25) is 5.88 Å². The van der Waals surface area contributed by atoms with Crippen LogP contribution in [0.1, 0.15) is 27.8 Å². The predicted molar refractivity (Wildman–Crippen MR) is 104 cm³/mol. The summed E-state index contributed by atoms with van der Waals surface area (Å²) in [7, 11) is 0. The summed E-state index contributed by atoms with van der Waals surface area (Å²) in [4.78, 5) is 25.2. The molecule has 0 aliphatic heterocycles. The molecule has 9 nitrogen and oxygen atoms in total. The number of hydrogen-bond acceptors (Lipinski definition) is 7. The number of rotatable bonds is 5. The molecule has 0 fully saturated rings. The van der Waals surface area contributed by atoms with E-state index in [0.29, 0.717) is 40.3 Å². The van der Waals surface area contributed by atoms with Gasteiger partial charge in [-0.3, -0.25) is 9.36 Å². The molecule has 146 valence electrons. The zero-order chi connectivity index (χ0) is 20.4. The summed E-state index contributed by atoms with van der Waals surface area (Å²) in [5.74, 6) is 3.24. The summed E-state index contributed by atoms with van der Waals surface area (Å²) in [5.41, 5.74) is 1.01. The van der Waals surface area contributed by atoms with Gasteiger partial charge in [-0.05, 0) is 45.0 Å². The molecule has 0 aliphatic rings. The fourth-order valence-electron chi connectivity index (χ4n) is 2.76. The molecule has 1 aromatic carbocycles. The minimum Gasteiger partial charge on any atom is -0.439 e. The average Bonchev–Trinajstić information content (AvgIpc) is 3.31. The molecule has 0 bridgehead atoms. The van der Waals surface area contributed by atoms with Gasteiger partial charge in [-0.15, -0.1) is 0 Å². The highest BCUT2D eigenvalue weighted by atomic mass is 16.5. The molecule has 4 aromatic rings. The first-order valence-electron chi connectivity index (χ1n) is 8.86. The second-order valence-corrected chi connectivity index (χ2v) is 6.33. The quantitative estimate of drug-likeness (QED) is 0.554. The Morgan fingerprint density at radius 1 is 1.14 bits per heavy atom. The third-order valence-electron chi connectivity index (χ3n) is 4.20. The largest absolute Gasteiger partial charge is 0.439 e. The van der Waals surface area contributed by atoms with Gasteiger partial charge in [-0.1, -0.05) is 5.16 Å². The zero-order valence-electron chi connectivity index (χ0n) is 16.1. The summed E-state index contributed by atoms with van der Waals surface area (Å²) in [5, 5.41) is 6.40. The molecule has 0 unspecified atom stereocenters. The van der Waals surface area contributed by atoms with Crippen LogP contribution in [0.2, 0.25) is 0 Å². The molecule has 0 atom stereocenters. The summed E-state index contributed by atoms with van der Waals surface area (Å²) >= 11 is 0. The second-order valence-electron chi connectivity index (χ2n) is 6.33. The monoisotopic (exact) mass is 390 g/mol. The fraction of sp³-hybridized carbons (Fsp3) is 0.150. The van der Waals surface area contributed by atoms with Crippen molar-refractivity contribution in [3.05, 3.63) is 71.9 Å². The Balaban J connectivity index is 1.49. The molecule has 1 amide bonds. The van der Waals surface area contributed by atoms with E-state index in [0.717, 1.165) is 5.82 Å². The van der Waals surface area contributed by atoms with Gasteiger partial charge in [0.1, 0.15) is 34.5 Å². The highest BCUT2D eigenvalue weighted by molar-refractivity contribution is 6.04. The lowest BCUT2D eigenvalue weighted by Gasteiger charge is -2.10. The number of nitrogens with one attached hydrogen (secondary N) is 1. The molecule has 9 heteroatoms. The Labute approximate surface area is 166 Å². The average molecular weight is 390 g/mol. The number of anilines is 1. The van der Waals surface area contributed by atoms with E-state index in [2.05, 4.69) is 25.4 Å². The number of benzene rings is 1. The maximum Gasteiger partial charge on any atom is 0.260 e. The van der Waals surface area contributed by atoms with Gasteiger partial charge in [-0.25, -0.2) is 9.97 Å². The molecular formula is C20H18N6O3. The van der Waals surface area contributed by atoms with Gasteiger partial charge in [-0.2, -0.15) is 4.98 Å². The summed E-state index contributed by atoms with van der Waals surface area (Å²) in [6, 6.07) is 8.72. The normalized spacial score (nSPS) is 10.7. The van der Waals surface area contributed by atoms with Crippen LogP contribution < -0.4 is 10.1 Å². The molecular weight excluding hydrogens is 372 g/mol. The number of imidazole rings is 1. The third-order valence-corrected chi connectivity index (χ3v) is 4.20. The van der Waals surface area contributed by atoms with Gasteiger partial charge in [0.05, 0.1) is 6.20 Å². The Hall–Kier alpha value is -4.01. The van der Waals surface area contributed by atoms with Crippen molar-refractivity contribution in [2.24, 2.45) is 0 Å². The van der Waals surface area contributed by atoms with Gasteiger partial charge in [0, 0.05) is 24.1 Å². The maximum absolute atomic E-state index is 12.2. The second kappa shape index (κ2) is 7.55. The van der Waals surface area contributed by atoms with Crippen LogP contribution in [0, 0.1) is 20.8 Å². The van der Waals surface area contributed by atoms with Crippen molar-refractivity contribution in [2.75, 3.05) is 5.32 Å². The Bertz CT molecular complexity index is 1160. The van der Waals surface area contributed by atoms with Crippen LogP contribution in [0.3, 0.4) is 0 Å². The number of ether oxygens (including phenoxy) is 1. The van der Waals surface area contributed by atoms with Crippen molar-refractivity contribution in [3.63, 3.8) is 0 Å². The first kappa shape index (κ1) is 18.4. The van der Waals surface area contributed by atoms with Crippen LogP contribution in [-0.4, -0.2) is 30.6 Å². The molecule has 0 spiro atoms. The zero-order valence-corrected chi connectivity index (χ0v) is 16.1. The molecule has 29 heavy (non-hydrogen) atoms. The number of nitrogens with zero attached hydrogens (tertiary/aromatic N) is 5. The number of carbonyl (C=O) groups is 1. The molecule has 3 heterocycles. The van der Waals surface area contributed by atoms with Crippen LogP contribution in [0.25, 0.3) is 5.82 Å².